The van der Waals surface area contributed by atoms with Crippen molar-refractivity contribution >= 4 is 5.78 Å². The third kappa shape index (κ3) is 4.14. The highest BCUT2D eigenvalue weighted by Gasteiger charge is 2.02. The molecule has 0 spiro atoms. The molecule has 84 valence electrons. The molecule has 0 N–H and O–H groups in total. The minimum atomic E-state index is -0.0770. The van der Waals surface area contributed by atoms with Crippen molar-refractivity contribution in [1.82, 2.24) is 0 Å². The number of aryl methyl sites for hydroxylation is 2. The number of hydrogen-bond acceptors (Lipinski definition) is 3. The van der Waals surface area contributed by atoms with Crippen LogP contribution in [0.25, 0.3) is 0 Å². The van der Waals surface area contributed by atoms with Crippen molar-refractivity contribution in [2.24, 2.45) is 0 Å². The fraction of sp³-hybridized carbons (Fsp3) is 0.385. The first kappa shape index (κ1) is 12.3. The molecule has 0 fully saturated rings. The number of rotatable bonds is 5. The minimum absolute atomic E-state index is 0.0315. The third-order valence-corrected chi connectivity index (χ3v) is 2.12. The molecule has 0 atom stereocenters. The summed E-state index contributed by atoms with van der Waals surface area (Å²) in [4.78, 5) is 11.1. The SMILES string of the molecule is Cc1cc(C)cc(OCCC(=O)CC#N)c1. The van der Waals surface area contributed by atoms with Gasteiger partial charge in [-0.3, -0.25) is 4.79 Å². The summed E-state index contributed by atoms with van der Waals surface area (Å²) in [6.45, 7) is 4.34. The fourth-order valence-corrected chi connectivity index (χ4v) is 1.48. The van der Waals surface area contributed by atoms with Crippen molar-refractivity contribution in [3.8, 4) is 11.8 Å². The van der Waals surface area contributed by atoms with Gasteiger partial charge in [-0.05, 0) is 37.1 Å². The maximum Gasteiger partial charge on any atom is 0.150 e. The lowest BCUT2D eigenvalue weighted by atomic mass is 10.1. The first-order chi connectivity index (χ1) is 7.61. The van der Waals surface area contributed by atoms with Crippen molar-refractivity contribution in [2.45, 2.75) is 26.7 Å². The Hall–Kier alpha value is -1.82. The lowest BCUT2D eigenvalue weighted by molar-refractivity contribution is -0.118. The molecule has 0 radical (unpaired) electrons. The van der Waals surface area contributed by atoms with Gasteiger partial charge in [-0.2, -0.15) is 5.26 Å². The number of ether oxygens (including phenoxy) is 1. The second-order valence-corrected chi connectivity index (χ2v) is 3.80. The summed E-state index contributed by atoms with van der Waals surface area (Å²) < 4.78 is 5.45. The normalized spacial score (nSPS) is 9.56. The molecule has 0 unspecified atom stereocenters. The number of benzene rings is 1. The molecule has 1 aromatic rings. The Morgan fingerprint density at radius 2 is 1.94 bits per heavy atom. The van der Waals surface area contributed by atoms with E-state index in [1.54, 1.807) is 0 Å². The van der Waals surface area contributed by atoms with E-state index >= 15 is 0 Å². The molecular weight excluding hydrogens is 202 g/mol. The summed E-state index contributed by atoms with van der Waals surface area (Å²) in [6, 6.07) is 7.76. The summed E-state index contributed by atoms with van der Waals surface area (Å²) >= 11 is 0. The van der Waals surface area contributed by atoms with Crippen molar-refractivity contribution in [3.05, 3.63) is 29.3 Å². The van der Waals surface area contributed by atoms with Gasteiger partial charge in [-0.25, -0.2) is 0 Å². The maximum atomic E-state index is 11.1. The van der Waals surface area contributed by atoms with Crippen LogP contribution in [0, 0.1) is 25.2 Å². The summed E-state index contributed by atoms with van der Waals surface area (Å²) in [7, 11) is 0. The van der Waals surface area contributed by atoms with Crippen LogP contribution in [0.5, 0.6) is 5.75 Å². The van der Waals surface area contributed by atoms with Gasteiger partial charge in [0.25, 0.3) is 0 Å². The number of nitriles is 1. The lowest BCUT2D eigenvalue weighted by Crippen LogP contribution is -2.05. The van der Waals surface area contributed by atoms with Crippen LogP contribution < -0.4 is 4.74 Å². The van der Waals surface area contributed by atoms with Crippen molar-refractivity contribution in [3.63, 3.8) is 0 Å². The molecule has 1 aromatic carbocycles. The van der Waals surface area contributed by atoms with E-state index in [1.165, 1.54) is 0 Å². The Bertz CT molecular complexity index is 398. The summed E-state index contributed by atoms with van der Waals surface area (Å²) in [5, 5.41) is 8.31. The number of carbonyl (C=O) groups is 1. The second-order valence-electron chi connectivity index (χ2n) is 3.80. The van der Waals surface area contributed by atoms with Crippen LogP contribution in [0.15, 0.2) is 18.2 Å². The molecule has 0 amide bonds. The van der Waals surface area contributed by atoms with E-state index in [0.717, 1.165) is 16.9 Å². The molecule has 3 nitrogen and oxygen atoms in total. The van der Waals surface area contributed by atoms with E-state index in [4.69, 9.17) is 10.00 Å². The average molecular weight is 217 g/mol. The predicted molar refractivity (Wildman–Crippen MR) is 61.3 cm³/mol. The summed E-state index contributed by atoms with van der Waals surface area (Å²) in [5.41, 5.74) is 2.27. The van der Waals surface area contributed by atoms with Crippen molar-refractivity contribution in [1.29, 1.82) is 5.26 Å². The van der Waals surface area contributed by atoms with Gasteiger partial charge in [0, 0.05) is 6.42 Å². The van der Waals surface area contributed by atoms with Gasteiger partial charge in [0.1, 0.15) is 11.5 Å². The second kappa shape index (κ2) is 5.92. The van der Waals surface area contributed by atoms with E-state index < -0.39 is 0 Å². The topological polar surface area (TPSA) is 50.1 Å². The van der Waals surface area contributed by atoms with E-state index in [-0.39, 0.29) is 12.2 Å². The number of nitrogens with zero attached hydrogens (tertiary/aromatic N) is 1. The van der Waals surface area contributed by atoms with Gasteiger partial charge < -0.3 is 4.74 Å². The van der Waals surface area contributed by atoms with Crippen LogP contribution >= 0.6 is 0 Å². The number of ketones is 1. The molecule has 0 aliphatic rings. The third-order valence-electron chi connectivity index (χ3n) is 2.12. The van der Waals surface area contributed by atoms with Gasteiger partial charge in [-0.1, -0.05) is 6.07 Å². The van der Waals surface area contributed by atoms with Gasteiger partial charge in [0.2, 0.25) is 0 Å². The largest absolute Gasteiger partial charge is 0.493 e. The summed E-state index contributed by atoms with van der Waals surface area (Å²) in [6.07, 6.45) is 0.261. The Morgan fingerprint density at radius 3 is 2.50 bits per heavy atom. The van der Waals surface area contributed by atoms with Crippen LogP contribution in [0.1, 0.15) is 24.0 Å². The minimum Gasteiger partial charge on any atom is -0.493 e. The van der Waals surface area contributed by atoms with Crippen LogP contribution in [0.2, 0.25) is 0 Å². The first-order valence-electron chi connectivity index (χ1n) is 5.21. The zero-order valence-corrected chi connectivity index (χ0v) is 9.62. The van der Waals surface area contributed by atoms with E-state index in [2.05, 4.69) is 6.07 Å². The molecule has 0 bridgehead atoms. The smallest absolute Gasteiger partial charge is 0.150 e. The number of carbonyl (C=O) groups excluding carboxylic acids is 1. The molecule has 0 saturated carbocycles. The average Bonchev–Trinajstić information content (AvgIpc) is 2.16. The molecule has 0 saturated heterocycles. The lowest BCUT2D eigenvalue weighted by Gasteiger charge is -2.07. The Labute approximate surface area is 95.7 Å². The van der Waals surface area contributed by atoms with E-state index in [9.17, 15) is 4.79 Å². The van der Waals surface area contributed by atoms with Crippen LogP contribution in [-0.4, -0.2) is 12.4 Å². The first-order valence-corrected chi connectivity index (χ1v) is 5.21. The molecule has 0 aliphatic heterocycles. The molecule has 0 aromatic heterocycles. The van der Waals surface area contributed by atoms with Crippen molar-refractivity contribution < 1.29 is 9.53 Å². The van der Waals surface area contributed by atoms with Gasteiger partial charge in [-0.15, -0.1) is 0 Å². The molecule has 1 rings (SSSR count). The van der Waals surface area contributed by atoms with E-state index in [0.29, 0.717) is 13.0 Å². The van der Waals surface area contributed by atoms with Crippen molar-refractivity contribution in [2.75, 3.05) is 6.61 Å². The number of Topliss-reactive ketones (excluding diaryl/α,β-unsaturated/α-hetero) is 1. The quantitative estimate of drug-likeness (QED) is 0.761. The predicted octanol–water partition coefficient (Wildman–Crippen LogP) is 2.56. The molecule has 0 heterocycles. The molecule has 3 heteroatoms. The standard InChI is InChI=1S/C13H15NO2/c1-10-7-11(2)9-13(8-10)16-6-4-12(15)3-5-14/h7-9H,3-4,6H2,1-2H3. The number of hydrogen-bond donors (Lipinski definition) is 0. The van der Waals surface area contributed by atoms with Gasteiger partial charge in [0.15, 0.2) is 0 Å². The highest BCUT2D eigenvalue weighted by atomic mass is 16.5. The Morgan fingerprint density at radius 1 is 1.31 bits per heavy atom. The molecule has 16 heavy (non-hydrogen) atoms. The highest BCUT2D eigenvalue weighted by Crippen LogP contribution is 2.16. The van der Waals surface area contributed by atoms with E-state index in [1.807, 2.05) is 32.0 Å². The Balaban J connectivity index is 2.43. The monoisotopic (exact) mass is 217 g/mol. The zero-order chi connectivity index (χ0) is 12.0. The maximum absolute atomic E-state index is 11.1. The van der Waals surface area contributed by atoms with Crippen LogP contribution in [-0.2, 0) is 4.79 Å². The Kier molecular flexibility index (Phi) is 4.53. The van der Waals surface area contributed by atoms with Gasteiger partial charge >= 0.3 is 0 Å². The van der Waals surface area contributed by atoms with Crippen LogP contribution in [0.4, 0.5) is 0 Å². The summed E-state index contributed by atoms with van der Waals surface area (Å²) in [5.74, 6) is 0.703. The molecule has 0 aliphatic carbocycles. The highest BCUT2D eigenvalue weighted by molar-refractivity contribution is 5.80. The van der Waals surface area contributed by atoms with Crippen LogP contribution in [0.3, 0.4) is 0 Å². The van der Waals surface area contributed by atoms with Gasteiger partial charge in [0.05, 0.1) is 19.1 Å². The zero-order valence-electron chi connectivity index (χ0n) is 9.62. The fourth-order valence-electron chi connectivity index (χ4n) is 1.48. The molecular formula is C13H15NO2.